The van der Waals surface area contributed by atoms with Gasteiger partial charge >= 0.3 is 11.9 Å². The lowest BCUT2D eigenvalue weighted by atomic mass is 10.3. The van der Waals surface area contributed by atoms with Crippen LogP contribution in [0.4, 0.5) is 18.9 Å². The SMILES string of the molecule is O=[N+]([O-])c1cc(Br)ccc1OC[C@H](O)C(F)(F)F. The molecule has 0 aliphatic heterocycles. The average Bonchev–Trinajstić information content (AvgIpc) is 2.25. The number of aliphatic hydroxyl groups excluding tert-OH is 1. The molecule has 9 heteroatoms. The van der Waals surface area contributed by atoms with Crippen molar-refractivity contribution >= 4 is 21.6 Å². The summed E-state index contributed by atoms with van der Waals surface area (Å²) in [5.41, 5.74) is -0.487. The van der Waals surface area contributed by atoms with Crippen molar-refractivity contribution in [1.82, 2.24) is 0 Å². The fourth-order valence-corrected chi connectivity index (χ4v) is 1.37. The number of hydrogen-bond donors (Lipinski definition) is 1. The van der Waals surface area contributed by atoms with Crippen molar-refractivity contribution in [2.45, 2.75) is 12.3 Å². The lowest BCUT2D eigenvalue weighted by Crippen LogP contribution is -2.34. The highest BCUT2D eigenvalue weighted by atomic mass is 79.9. The van der Waals surface area contributed by atoms with Gasteiger partial charge in [0.1, 0.15) is 6.61 Å². The number of hydrogen-bond acceptors (Lipinski definition) is 4. The Labute approximate surface area is 107 Å². The summed E-state index contributed by atoms with van der Waals surface area (Å²) in [5.74, 6) is -0.341. The van der Waals surface area contributed by atoms with Crippen LogP contribution in [-0.2, 0) is 0 Å². The van der Waals surface area contributed by atoms with Gasteiger partial charge in [-0.25, -0.2) is 0 Å². The van der Waals surface area contributed by atoms with Crippen LogP contribution in [0.15, 0.2) is 22.7 Å². The lowest BCUT2D eigenvalue weighted by Gasteiger charge is -2.15. The first-order chi connectivity index (χ1) is 8.21. The summed E-state index contributed by atoms with van der Waals surface area (Å²) in [6, 6.07) is 3.61. The van der Waals surface area contributed by atoms with Crippen molar-refractivity contribution in [3.05, 3.63) is 32.8 Å². The molecule has 5 nitrogen and oxygen atoms in total. The largest absolute Gasteiger partial charge is 0.484 e. The van der Waals surface area contributed by atoms with E-state index < -0.39 is 29.5 Å². The van der Waals surface area contributed by atoms with Gasteiger partial charge in [0.25, 0.3) is 0 Å². The third kappa shape index (κ3) is 3.84. The Balaban J connectivity index is 2.82. The number of halogens is 4. The summed E-state index contributed by atoms with van der Waals surface area (Å²) >= 11 is 2.99. The molecule has 0 aliphatic carbocycles. The molecule has 100 valence electrons. The summed E-state index contributed by atoms with van der Waals surface area (Å²) < 4.78 is 41.0. The van der Waals surface area contributed by atoms with E-state index in [-0.39, 0.29) is 5.75 Å². The molecule has 0 amide bonds. The molecular weight excluding hydrogens is 323 g/mol. The minimum atomic E-state index is -4.83. The van der Waals surface area contributed by atoms with Gasteiger partial charge in [0.2, 0.25) is 0 Å². The van der Waals surface area contributed by atoms with E-state index in [4.69, 9.17) is 5.11 Å². The van der Waals surface area contributed by atoms with E-state index in [9.17, 15) is 23.3 Å². The van der Waals surface area contributed by atoms with E-state index in [2.05, 4.69) is 20.7 Å². The molecular formula is C9H7BrF3NO4. The zero-order valence-electron chi connectivity index (χ0n) is 8.65. The maximum Gasteiger partial charge on any atom is 0.417 e. The van der Waals surface area contributed by atoms with Gasteiger partial charge in [-0.15, -0.1) is 0 Å². The summed E-state index contributed by atoms with van der Waals surface area (Å²) in [6.45, 7) is -1.11. The minimum absolute atomic E-state index is 0.341. The van der Waals surface area contributed by atoms with Gasteiger partial charge in [-0.1, -0.05) is 15.9 Å². The number of nitrogens with zero attached hydrogens (tertiary/aromatic N) is 1. The molecule has 0 bridgehead atoms. The van der Waals surface area contributed by atoms with Gasteiger partial charge < -0.3 is 9.84 Å². The van der Waals surface area contributed by atoms with Gasteiger partial charge in [-0.2, -0.15) is 13.2 Å². The van der Waals surface area contributed by atoms with Crippen LogP contribution in [-0.4, -0.2) is 28.9 Å². The third-order valence-electron chi connectivity index (χ3n) is 1.89. The molecule has 0 fully saturated rings. The fraction of sp³-hybridized carbons (Fsp3) is 0.333. The Morgan fingerprint density at radius 3 is 2.61 bits per heavy atom. The predicted octanol–water partition coefficient (Wildman–Crippen LogP) is 2.66. The maximum atomic E-state index is 12.0. The highest BCUT2D eigenvalue weighted by Gasteiger charge is 2.39. The average molecular weight is 330 g/mol. The van der Waals surface area contributed by atoms with Crippen LogP contribution in [0.25, 0.3) is 0 Å². The second kappa shape index (κ2) is 5.53. The molecule has 0 saturated carbocycles. The minimum Gasteiger partial charge on any atom is -0.484 e. The van der Waals surface area contributed by atoms with Gasteiger partial charge in [-0.3, -0.25) is 10.1 Å². The molecule has 1 rings (SSSR count). The van der Waals surface area contributed by atoms with Gasteiger partial charge in [0.15, 0.2) is 11.9 Å². The summed E-state index contributed by atoms with van der Waals surface area (Å²) in [4.78, 5) is 9.84. The van der Waals surface area contributed by atoms with E-state index in [1.54, 1.807) is 0 Å². The Morgan fingerprint density at radius 2 is 2.11 bits per heavy atom. The molecule has 1 aromatic rings. The molecule has 0 saturated heterocycles. The molecule has 0 spiro atoms. The van der Waals surface area contributed by atoms with E-state index in [0.29, 0.717) is 4.47 Å². The van der Waals surface area contributed by atoms with Gasteiger partial charge in [-0.05, 0) is 12.1 Å². The zero-order valence-corrected chi connectivity index (χ0v) is 10.2. The van der Waals surface area contributed by atoms with Gasteiger partial charge in [0.05, 0.1) is 4.92 Å². The second-order valence-corrected chi connectivity index (χ2v) is 4.15. The molecule has 1 atom stereocenters. The van der Waals surface area contributed by atoms with Crippen molar-refractivity contribution in [3.8, 4) is 5.75 Å². The number of ether oxygens (including phenoxy) is 1. The molecule has 0 radical (unpaired) electrons. The summed E-state index contributed by atoms with van der Waals surface area (Å²) in [5, 5.41) is 19.3. The Hall–Kier alpha value is -1.35. The molecule has 18 heavy (non-hydrogen) atoms. The standard InChI is InChI=1S/C9H7BrF3NO4/c10-5-1-2-7(6(3-5)14(16)17)18-4-8(15)9(11,12)13/h1-3,8,15H,4H2/t8-/m0/s1. The van der Waals surface area contributed by atoms with Crippen molar-refractivity contribution < 1.29 is 27.9 Å². The fourth-order valence-electron chi connectivity index (χ4n) is 1.02. The third-order valence-corrected chi connectivity index (χ3v) is 2.39. The monoisotopic (exact) mass is 329 g/mol. The highest BCUT2D eigenvalue weighted by molar-refractivity contribution is 9.10. The van der Waals surface area contributed by atoms with Crippen molar-refractivity contribution in [3.63, 3.8) is 0 Å². The number of aliphatic hydroxyl groups is 1. The quantitative estimate of drug-likeness (QED) is 0.680. The van der Waals surface area contributed by atoms with Crippen LogP contribution < -0.4 is 4.74 Å². The number of rotatable bonds is 4. The number of nitro groups is 1. The Kier molecular flexibility index (Phi) is 4.52. The normalized spacial score (nSPS) is 13.2. The first kappa shape index (κ1) is 14.7. The second-order valence-electron chi connectivity index (χ2n) is 3.24. The molecule has 1 N–H and O–H groups in total. The van der Waals surface area contributed by atoms with Crippen LogP contribution in [0.5, 0.6) is 5.75 Å². The van der Waals surface area contributed by atoms with Crippen LogP contribution in [0.3, 0.4) is 0 Å². The highest BCUT2D eigenvalue weighted by Crippen LogP contribution is 2.31. The van der Waals surface area contributed by atoms with Crippen molar-refractivity contribution in [2.24, 2.45) is 0 Å². The molecule has 1 aromatic carbocycles. The molecule has 0 heterocycles. The Morgan fingerprint density at radius 1 is 1.50 bits per heavy atom. The maximum absolute atomic E-state index is 12.0. The lowest BCUT2D eigenvalue weighted by molar-refractivity contribution is -0.386. The molecule has 0 aromatic heterocycles. The molecule has 0 unspecified atom stereocenters. The summed E-state index contributed by atoms with van der Waals surface area (Å²) in [6.07, 6.45) is -7.52. The van der Waals surface area contributed by atoms with Gasteiger partial charge in [0, 0.05) is 10.5 Å². The topological polar surface area (TPSA) is 72.6 Å². The van der Waals surface area contributed by atoms with E-state index in [0.717, 1.165) is 12.1 Å². The van der Waals surface area contributed by atoms with E-state index >= 15 is 0 Å². The summed E-state index contributed by atoms with van der Waals surface area (Å²) in [7, 11) is 0. The zero-order chi connectivity index (χ0) is 13.9. The first-order valence-corrected chi connectivity index (χ1v) is 5.32. The Bertz CT molecular complexity index is 452. The van der Waals surface area contributed by atoms with Crippen molar-refractivity contribution in [2.75, 3.05) is 6.61 Å². The smallest absolute Gasteiger partial charge is 0.417 e. The number of nitro benzene ring substituents is 1. The van der Waals surface area contributed by atoms with Crippen LogP contribution in [0.2, 0.25) is 0 Å². The van der Waals surface area contributed by atoms with Crippen molar-refractivity contribution in [1.29, 1.82) is 0 Å². The predicted molar refractivity (Wildman–Crippen MR) is 58.4 cm³/mol. The van der Waals surface area contributed by atoms with Crippen LogP contribution in [0.1, 0.15) is 0 Å². The molecule has 0 aliphatic rings. The first-order valence-electron chi connectivity index (χ1n) is 4.53. The number of benzene rings is 1. The van der Waals surface area contributed by atoms with Crippen LogP contribution >= 0.6 is 15.9 Å². The van der Waals surface area contributed by atoms with Crippen LogP contribution in [0, 0.1) is 10.1 Å². The number of alkyl halides is 3. The van der Waals surface area contributed by atoms with E-state index in [1.165, 1.54) is 6.07 Å². The van der Waals surface area contributed by atoms with E-state index in [1.807, 2.05) is 0 Å².